The first-order chi connectivity index (χ1) is 14.5. The van der Waals surface area contributed by atoms with Gasteiger partial charge in [0.2, 0.25) is 5.91 Å². The van der Waals surface area contributed by atoms with Crippen LogP contribution in [0.5, 0.6) is 5.75 Å². The Morgan fingerprint density at radius 3 is 2.13 bits per heavy atom. The molecule has 3 aromatic carbocycles. The molecule has 0 aliphatic heterocycles. The highest BCUT2D eigenvalue weighted by molar-refractivity contribution is 5.85. The van der Waals surface area contributed by atoms with Crippen LogP contribution in [0.1, 0.15) is 16.7 Å². The second-order valence-electron chi connectivity index (χ2n) is 6.88. The molecule has 0 saturated carbocycles. The SMILES string of the molecule is O=C(Cc1ccc(F)cc1)N[C@@H](Cc1ccc(OCc2ccccc2)cc1)C(=O)O. The van der Waals surface area contributed by atoms with Gasteiger partial charge in [-0.25, -0.2) is 9.18 Å². The molecular weight excluding hydrogens is 385 g/mol. The fourth-order valence-electron chi connectivity index (χ4n) is 2.93. The van der Waals surface area contributed by atoms with E-state index in [0.717, 1.165) is 11.1 Å². The van der Waals surface area contributed by atoms with Gasteiger partial charge in [-0.05, 0) is 41.0 Å². The van der Waals surface area contributed by atoms with Crippen molar-refractivity contribution in [1.82, 2.24) is 5.32 Å². The number of hydrogen-bond acceptors (Lipinski definition) is 3. The van der Waals surface area contributed by atoms with Crippen molar-refractivity contribution in [3.8, 4) is 5.75 Å². The zero-order valence-corrected chi connectivity index (χ0v) is 16.3. The molecule has 0 aliphatic rings. The van der Waals surface area contributed by atoms with Crippen molar-refractivity contribution in [2.45, 2.75) is 25.5 Å². The van der Waals surface area contributed by atoms with Crippen molar-refractivity contribution < 1.29 is 23.8 Å². The van der Waals surface area contributed by atoms with E-state index in [-0.39, 0.29) is 12.8 Å². The highest BCUT2D eigenvalue weighted by Crippen LogP contribution is 2.15. The number of benzene rings is 3. The van der Waals surface area contributed by atoms with Gasteiger partial charge in [-0.2, -0.15) is 0 Å². The van der Waals surface area contributed by atoms with Gasteiger partial charge in [0, 0.05) is 6.42 Å². The maximum absolute atomic E-state index is 13.0. The molecule has 0 fully saturated rings. The van der Waals surface area contributed by atoms with Gasteiger partial charge in [0.15, 0.2) is 0 Å². The number of halogens is 1. The molecule has 5 nitrogen and oxygen atoms in total. The van der Waals surface area contributed by atoms with Crippen LogP contribution in [0.15, 0.2) is 78.9 Å². The van der Waals surface area contributed by atoms with Gasteiger partial charge in [0.1, 0.15) is 24.2 Å². The number of amides is 1. The van der Waals surface area contributed by atoms with E-state index >= 15 is 0 Å². The minimum atomic E-state index is -1.12. The van der Waals surface area contributed by atoms with Crippen molar-refractivity contribution in [2.24, 2.45) is 0 Å². The second-order valence-corrected chi connectivity index (χ2v) is 6.88. The summed E-state index contributed by atoms with van der Waals surface area (Å²) in [6, 6.07) is 21.3. The second kappa shape index (κ2) is 10.2. The van der Waals surface area contributed by atoms with Crippen LogP contribution in [-0.4, -0.2) is 23.0 Å². The Labute approximate surface area is 174 Å². The molecule has 0 bridgehead atoms. The molecule has 0 aliphatic carbocycles. The summed E-state index contributed by atoms with van der Waals surface area (Å²) in [5.74, 6) is -1.27. The Morgan fingerprint density at radius 2 is 1.50 bits per heavy atom. The average Bonchev–Trinajstić information content (AvgIpc) is 2.75. The molecule has 0 radical (unpaired) electrons. The van der Waals surface area contributed by atoms with Crippen molar-refractivity contribution in [2.75, 3.05) is 0 Å². The number of carbonyl (C=O) groups excluding carboxylic acids is 1. The summed E-state index contributed by atoms with van der Waals surface area (Å²) in [5.41, 5.74) is 2.42. The molecule has 1 atom stereocenters. The molecule has 0 unspecified atom stereocenters. The zero-order chi connectivity index (χ0) is 21.3. The molecular formula is C24H22FNO4. The molecule has 3 aromatic rings. The van der Waals surface area contributed by atoms with Gasteiger partial charge in [0.25, 0.3) is 0 Å². The molecule has 0 saturated heterocycles. The van der Waals surface area contributed by atoms with E-state index in [1.165, 1.54) is 24.3 Å². The van der Waals surface area contributed by atoms with Crippen LogP contribution in [0.25, 0.3) is 0 Å². The van der Waals surface area contributed by atoms with Gasteiger partial charge in [-0.3, -0.25) is 4.79 Å². The fraction of sp³-hybridized carbons (Fsp3) is 0.167. The standard InChI is InChI=1S/C24H22FNO4/c25-20-10-6-18(7-11-20)15-23(27)26-22(24(28)29)14-17-8-12-21(13-9-17)30-16-19-4-2-1-3-5-19/h1-13,22H,14-16H2,(H,26,27)(H,28,29)/t22-/m0/s1. The predicted octanol–water partition coefficient (Wildman–Crippen LogP) is 3.76. The van der Waals surface area contributed by atoms with Gasteiger partial charge < -0.3 is 15.2 Å². The highest BCUT2D eigenvalue weighted by atomic mass is 19.1. The third-order valence-electron chi connectivity index (χ3n) is 4.52. The first-order valence-corrected chi connectivity index (χ1v) is 9.52. The lowest BCUT2D eigenvalue weighted by Crippen LogP contribution is -2.43. The number of ether oxygens (including phenoxy) is 1. The lowest BCUT2D eigenvalue weighted by Gasteiger charge is -2.15. The molecule has 6 heteroatoms. The number of rotatable bonds is 9. The Morgan fingerprint density at radius 1 is 0.867 bits per heavy atom. The van der Waals surface area contributed by atoms with Crippen LogP contribution < -0.4 is 10.1 Å². The number of carboxylic acid groups (broad SMARTS) is 1. The molecule has 0 spiro atoms. The molecule has 3 rings (SSSR count). The van der Waals surface area contributed by atoms with Crippen LogP contribution in [-0.2, 0) is 29.0 Å². The van der Waals surface area contributed by atoms with Crippen LogP contribution >= 0.6 is 0 Å². The molecule has 30 heavy (non-hydrogen) atoms. The molecule has 1 amide bonds. The minimum absolute atomic E-state index is 0.0175. The van der Waals surface area contributed by atoms with Crippen molar-refractivity contribution in [3.05, 3.63) is 101 Å². The van der Waals surface area contributed by atoms with Gasteiger partial charge >= 0.3 is 5.97 Å². The maximum atomic E-state index is 13.0. The zero-order valence-electron chi connectivity index (χ0n) is 16.3. The van der Waals surface area contributed by atoms with Gasteiger partial charge in [0.05, 0.1) is 6.42 Å². The molecule has 154 valence electrons. The van der Waals surface area contributed by atoms with E-state index in [1.54, 1.807) is 24.3 Å². The van der Waals surface area contributed by atoms with E-state index in [2.05, 4.69) is 5.32 Å². The summed E-state index contributed by atoms with van der Waals surface area (Å²) in [7, 11) is 0. The molecule has 0 heterocycles. The predicted molar refractivity (Wildman–Crippen MR) is 111 cm³/mol. The summed E-state index contributed by atoms with van der Waals surface area (Å²) in [4.78, 5) is 23.8. The van der Waals surface area contributed by atoms with E-state index in [0.29, 0.717) is 17.9 Å². The van der Waals surface area contributed by atoms with Crippen molar-refractivity contribution >= 4 is 11.9 Å². The summed E-state index contributed by atoms with van der Waals surface area (Å²) in [5, 5.41) is 12.0. The smallest absolute Gasteiger partial charge is 0.326 e. The fourth-order valence-corrected chi connectivity index (χ4v) is 2.93. The highest BCUT2D eigenvalue weighted by Gasteiger charge is 2.20. The quantitative estimate of drug-likeness (QED) is 0.566. The minimum Gasteiger partial charge on any atom is -0.489 e. The third kappa shape index (κ3) is 6.44. The lowest BCUT2D eigenvalue weighted by molar-refractivity contribution is -0.141. The monoisotopic (exact) mass is 407 g/mol. The largest absolute Gasteiger partial charge is 0.489 e. The lowest BCUT2D eigenvalue weighted by atomic mass is 10.0. The van der Waals surface area contributed by atoms with Crippen molar-refractivity contribution in [3.63, 3.8) is 0 Å². The Bertz CT molecular complexity index is 972. The van der Waals surface area contributed by atoms with E-state index < -0.39 is 23.7 Å². The summed E-state index contributed by atoms with van der Waals surface area (Å²) >= 11 is 0. The Kier molecular flexibility index (Phi) is 7.16. The molecule has 0 aromatic heterocycles. The number of hydrogen-bond donors (Lipinski definition) is 2. The molecule has 2 N–H and O–H groups in total. The normalized spacial score (nSPS) is 11.5. The van der Waals surface area contributed by atoms with Crippen LogP contribution in [0.3, 0.4) is 0 Å². The first-order valence-electron chi connectivity index (χ1n) is 9.52. The number of carbonyl (C=O) groups is 2. The summed E-state index contributed by atoms with van der Waals surface area (Å²) < 4.78 is 18.7. The number of aliphatic carboxylic acids is 1. The number of nitrogens with one attached hydrogen (secondary N) is 1. The Balaban J connectivity index is 1.54. The Hall–Kier alpha value is -3.67. The first kappa shape index (κ1) is 21.0. The summed E-state index contributed by atoms with van der Waals surface area (Å²) in [6.07, 6.45) is 0.125. The van der Waals surface area contributed by atoms with E-state index in [1.807, 2.05) is 30.3 Å². The topological polar surface area (TPSA) is 75.6 Å². The maximum Gasteiger partial charge on any atom is 0.326 e. The van der Waals surface area contributed by atoms with Crippen LogP contribution in [0, 0.1) is 5.82 Å². The van der Waals surface area contributed by atoms with Crippen LogP contribution in [0.4, 0.5) is 4.39 Å². The summed E-state index contributed by atoms with van der Waals surface area (Å²) in [6.45, 7) is 0.442. The van der Waals surface area contributed by atoms with Gasteiger partial charge in [-0.1, -0.05) is 54.6 Å². The van der Waals surface area contributed by atoms with E-state index in [9.17, 15) is 19.1 Å². The van der Waals surface area contributed by atoms with E-state index in [4.69, 9.17) is 4.74 Å². The number of carboxylic acids is 1. The van der Waals surface area contributed by atoms with Crippen molar-refractivity contribution in [1.29, 1.82) is 0 Å². The average molecular weight is 407 g/mol. The van der Waals surface area contributed by atoms with Gasteiger partial charge in [-0.15, -0.1) is 0 Å². The third-order valence-corrected chi connectivity index (χ3v) is 4.52. The van der Waals surface area contributed by atoms with Crippen LogP contribution in [0.2, 0.25) is 0 Å².